The number of hydrogen-bond acceptors (Lipinski definition) is 6. The zero-order valence-electron chi connectivity index (χ0n) is 55.8. The Morgan fingerprint density at radius 1 is 0.412 bits per heavy atom. The van der Waals surface area contributed by atoms with Crippen LogP contribution in [0.1, 0.15) is 170 Å². The first-order valence-corrected chi connectivity index (χ1v) is 27.9. The first-order valence-electron chi connectivity index (χ1n) is 27.9. The van der Waals surface area contributed by atoms with Crippen LogP contribution in [0.3, 0.4) is 0 Å². The average Bonchev–Trinajstić information content (AvgIpc) is 3.31. The van der Waals surface area contributed by atoms with E-state index in [1.807, 2.05) is 121 Å². The molecule has 8 nitrogen and oxygen atoms in total. The van der Waals surface area contributed by atoms with E-state index in [0.29, 0.717) is 11.1 Å². The van der Waals surface area contributed by atoms with Crippen molar-refractivity contribution in [3.63, 3.8) is 0 Å². The molecule has 0 saturated carbocycles. The van der Waals surface area contributed by atoms with Crippen molar-refractivity contribution in [2.24, 2.45) is 0 Å². The van der Waals surface area contributed by atoms with Crippen LogP contribution in [0.25, 0.3) is 22.2 Å². The largest absolute Gasteiger partial charge is 2.00 e. The number of hydrogen-bond donors (Lipinski definition) is 0. The van der Waals surface area contributed by atoms with E-state index in [1.54, 1.807) is 12.2 Å². The molecular weight excluding hydrogens is 1110 g/mol. The van der Waals surface area contributed by atoms with Gasteiger partial charge in [0, 0.05) is 38.0 Å². The minimum absolute atomic E-state index is 0. The summed E-state index contributed by atoms with van der Waals surface area (Å²) in [6.07, 6.45) is 11.2. The van der Waals surface area contributed by atoms with E-state index in [0.717, 1.165) is 37.3 Å². The van der Waals surface area contributed by atoms with Crippen molar-refractivity contribution in [3.05, 3.63) is 178 Å². The molecule has 2 aliphatic rings. The Hall–Kier alpha value is -1.03. The van der Waals surface area contributed by atoms with Gasteiger partial charge in [0.25, 0.3) is 0 Å². The van der Waals surface area contributed by atoms with Crippen LogP contribution < -0.4 is 69.3 Å². The van der Waals surface area contributed by atoms with Gasteiger partial charge in [0.15, 0.2) is 0 Å². The summed E-state index contributed by atoms with van der Waals surface area (Å²) in [5.41, 5.74) is 4.20. The van der Waals surface area contributed by atoms with Crippen molar-refractivity contribution in [1.82, 2.24) is 19.6 Å². The van der Waals surface area contributed by atoms with Crippen LogP contribution in [0.15, 0.2) is 133 Å². The molecule has 4 aromatic carbocycles. The van der Waals surface area contributed by atoms with Gasteiger partial charge < -0.3 is 52.3 Å². The summed E-state index contributed by atoms with van der Waals surface area (Å²) in [5.74, 6) is 2.14. The van der Waals surface area contributed by atoms with E-state index < -0.39 is 0 Å². The first kappa shape index (κ1) is 87.7. The van der Waals surface area contributed by atoms with Crippen LogP contribution in [0.5, 0.6) is 0 Å². The Kier molecular flexibility index (Phi) is 51.7. The van der Waals surface area contributed by atoms with Gasteiger partial charge in [0.2, 0.25) is 0 Å². The topological polar surface area (TPSA) is 87.3 Å². The molecule has 0 N–H and O–H groups in total. The first-order chi connectivity index (χ1) is 35.3. The van der Waals surface area contributed by atoms with E-state index in [4.69, 9.17) is 10.6 Å². The summed E-state index contributed by atoms with van der Waals surface area (Å²) in [6.45, 7) is 34.9. The number of likely N-dealkylation sites (N-methyl/N-ethyl adjacent to an activating group) is 4. The molecule has 0 spiro atoms. The fourth-order valence-electron chi connectivity index (χ4n) is 8.46. The minimum atomic E-state index is -0.293. The van der Waals surface area contributed by atoms with Crippen molar-refractivity contribution in [2.45, 2.75) is 169 Å². The van der Waals surface area contributed by atoms with Gasteiger partial charge in [-0.15, -0.1) is 33.7 Å². The molecule has 6 rings (SSSR count). The standard InChI is InChI=1S/C30H26O2.2C9H18N.2C6H16N2.2C4H9.2Na.2Zn/c31-29(25-17-9-3-10-18-25)21-27(23-13-5-1-6-14-23)28(24-15-7-2-8-16-24)22-30(32)26-19-11-4-12-20-26;2*1-8(2)6-5-7-9(3,4)10-8;2*1-7(2)5-6-8(3)4;2*1-4(2)3;;;;/h1-22,27-28,31-32H;2*5-7H2,1-4H3;2*5-6H2,1-4H3;2*1-3H3;;;;/q;2*-1;;;2*-1;2*+1;2*+2/p-2/b29-21-,30-22-;;;;;;;;;;/t27-,28-;;;;;;;;;;/m0........../s1. The zero-order chi connectivity index (χ0) is 58.1. The van der Waals surface area contributed by atoms with Gasteiger partial charge in [-0.2, -0.15) is 41.5 Å². The second-order valence-electron chi connectivity index (χ2n) is 25.1. The Bertz CT molecular complexity index is 1900. The van der Waals surface area contributed by atoms with Crippen molar-refractivity contribution < 1.29 is 108 Å². The van der Waals surface area contributed by atoms with Crippen molar-refractivity contribution in [3.8, 4) is 0 Å². The smallest absolute Gasteiger partial charge is 0.872 e. The summed E-state index contributed by atoms with van der Waals surface area (Å²) in [6, 6.07) is 38.3. The van der Waals surface area contributed by atoms with E-state index >= 15 is 0 Å². The predicted molar refractivity (Wildman–Crippen MR) is 333 cm³/mol. The molecule has 4 aromatic rings. The normalized spacial score (nSPS) is 16.2. The number of benzene rings is 4. The quantitative estimate of drug-likeness (QED) is 0.0756. The van der Waals surface area contributed by atoms with E-state index in [-0.39, 0.29) is 144 Å². The predicted octanol–water partition coefficient (Wildman–Crippen LogP) is 9.02. The second kappa shape index (κ2) is 47.2. The molecule has 12 heteroatoms. The number of piperidine rings is 2. The number of allylic oxidation sites excluding steroid dienone is 2. The molecule has 0 radical (unpaired) electrons. The molecule has 0 aliphatic carbocycles. The van der Waals surface area contributed by atoms with Gasteiger partial charge in [0.1, 0.15) is 0 Å². The zero-order valence-corrected chi connectivity index (χ0v) is 65.8. The van der Waals surface area contributed by atoms with E-state index in [1.165, 1.54) is 50.4 Å². The van der Waals surface area contributed by atoms with Gasteiger partial charge in [-0.3, -0.25) is 0 Å². The SMILES string of the molecule is CC1(C)CCCC(C)(C)[N-]1.CC1(C)CCCC(C)(C)[N-]1.CN(C)CCN(C)C.CN(C)CCN(C)C.C[C-](C)C.C[C-](C)C.[Na+].[Na+].[O-]/C(=C\[C@@H](c1ccccc1)[C@@H](/C=C(\[O-])c1ccccc1)c1ccccc1)c1ccccc1.[Zn+2].[Zn+2]. The van der Waals surface area contributed by atoms with Crippen LogP contribution in [0, 0.1) is 11.8 Å². The molecule has 2 fully saturated rings. The van der Waals surface area contributed by atoms with Gasteiger partial charge in [-0.25, -0.2) is 0 Å². The molecule has 80 heavy (non-hydrogen) atoms. The van der Waals surface area contributed by atoms with Crippen molar-refractivity contribution >= 4 is 11.5 Å². The van der Waals surface area contributed by atoms with E-state index in [9.17, 15) is 10.2 Å². The number of rotatable bonds is 13. The van der Waals surface area contributed by atoms with Crippen molar-refractivity contribution in [1.29, 1.82) is 0 Å². The summed E-state index contributed by atoms with van der Waals surface area (Å²) in [7, 11) is 16.7. The maximum atomic E-state index is 13.2. The summed E-state index contributed by atoms with van der Waals surface area (Å²) >= 11 is 0. The minimum Gasteiger partial charge on any atom is -0.872 e. The molecule has 2 aliphatic heterocycles. The van der Waals surface area contributed by atoms with Crippen LogP contribution in [-0.4, -0.2) is 124 Å². The summed E-state index contributed by atoms with van der Waals surface area (Å²) in [4.78, 5) is 8.72. The van der Waals surface area contributed by atoms with Crippen LogP contribution in [-0.2, 0) is 39.0 Å². The van der Waals surface area contributed by atoms with Crippen LogP contribution in [0.2, 0.25) is 0 Å². The Labute approximate surface area is 564 Å². The van der Waals surface area contributed by atoms with E-state index in [2.05, 4.69) is 173 Å². The molecule has 0 bridgehead atoms. The molecule has 2 atom stereocenters. The van der Waals surface area contributed by atoms with Gasteiger partial charge >= 0.3 is 98.1 Å². The third-order valence-corrected chi connectivity index (χ3v) is 11.9. The average molecular weight is 1220 g/mol. The second-order valence-corrected chi connectivity index (χ2v) is 25.1. The summed E-state index contributed by atoms with van der Waals surface area (Å²) < 4.78 is 0. The molecule has 0 aromatic heterocycles. The molecule has 2 heterocycles. The third kappa shape index (κ3) is 47.2. The van der Waals surface area contributed by atoms with Gasteiger partial charge in [-0.1, -0.05) is 227 Å². The molecule has 2 saturated heterocycles. The Balaban J connectivity index is -0.000000322. The Morgan fingerprint density at radius 2 is 0.600 bits per heavy atom. The van der Waals surface area contributed by atoms with Crippen molar-refractivity contribution in [2.75, 3.05) is 82.6 Å². The molecule has 0 amide bonds. The molecule has 0 unspecified atom stereocenters. The summed E-state index contributed by atoms with van der Waals surface area (Å²) in [5, 5.41) is 35.8. The number of nitrogens with zero attached hydrogens (tertiary/aromatic N) is 6. The third-order valence-electron chi connectivity index (χ3n) is 11.9. The molecular formula is C68H110N6Na2O2Zn2. The monoisotopic (exact) mass is 1220 g/mol. The van der Waals surface area contributed by atoms with Gasteiger partial charge in [0.05, 0.1) is 0 Å². The molecule has 430 valence electrons. The fraction of sp³-hybridized carbons (Fsp3) is 0.559. The Morgan fingerprint density at radius 3 is 0.762 bits per heavy atom. The fourth-order valence-corrected chi connectivity index (χ4v) is 8.46. The van der Waals surface area contributed by atoms with Crippen LogP contribution >= 0.6 is 0 Å². The maximum Gasteiger partial charge on any atom is 2.00 e. The maximum absolute atomic E-state index is 13.2. The van der Waals surface area contributed by atoms with Crippen LogP contribution in [0.4, 0.5) is 0 Å². The van der Waals surface area contributed by atoms with Gasteiger partial charge in [-0.05, 0) is 78.6 Å².